The summed E-state index contributed by atoms with van der Waals surface area (Å²) in [6, 6.07) is 22.1. The zero-order valence-electron chi connectivity index (χ0n) is 19.8. The van der Waals surface area contributed by atoms with Crippen LogP contribution in [0.2, 0.25) is 0 Å². The molecule has 0 saturated carbocycles. The van der Waals surface area contributed by atoms with Crippen LogP contribution < -0.4 is 15.2 Å². The molecular formula is C28H30N2O3. The van der Waals surface area contributed by atoms with Crippen molar-refractivity contribution in [3.8, 4) is 33.9 Å². The summed E-state index contributed by atoms with van der Waals surface area (Å²) < 4.78 is 17.0. The molecule has 5 heteroatoms. The summed E-state index contributed by atoms with van der Waals surface area (Å²) in [5, 5.41) is 4.34. The number of nitrogens with zero attached hydrogens (tertiary/aromatic N) is 1. The second kappa shape index (κ2) is 9.02. The van der Waals surface area contributed by atoms with E-state index in [0.717, 1.165) is 50.6 Å². The minimum atomic E-state index is -0.135. The second-order valence-corrected chi connectivity index (χ2v) is 9.19. The number of rotatable bonds is 6. The maximum atomic E-state index is 6.28. The van der Waals surface area contributed by atoms with Crippen molar-refractivity contribution < 1.29 is 14.0 Å². The fraction of sp³-hybridized carbons (Fsp3) is 0.250. The number of anilines is 1. The fourth-order valence-electron chi connectivity index (χ4n) is 3.90. The Morgan fingerprint density at radius 2 is 1.67 bits per heavy atom. The number of methoxy groups -OCH3 is 1. The van der Waals surface area contributed by atoms with Gasteiger partial charge >= 0.3 is 0 Å². The van der Waals surface area contributed by atoms with Gasteiger partial charge in [-0.15, -0.1) is 0 Å². The highest BCUT2D eigenvalue weighted by Gasteiger charge is 2.25. The second-order valence-electron chi connectivity index (χ2n) is 9.19. The lowest BCUT2D eigenvalue weighted by Crippen LogP contribution is -2.14. The molecule has 4 rings (SSSR count). The van der Waals surface area contributed by atoms with Gasteiger partial charge in [0.15, 0.2) is 0 Å². The van der Waals surface area contributed by atoms with Gasteiger partial charge in [0.2, 0.25) is 5.88 Å². The number of nitrogens with two attached hydrogens (primary N) is 1. The van der Waals surface area contributed by atoms with E-state index in [2.05, 4.69) is 57.1 Å². The first-order valence-electron chi connectivity index (χ1n) is 11.0. The Morgan fingerprint density at radius 3 is 2.30 bits per heavy atom. The van der Waals surface area contributed by atoms with Crippen molar-refractivity contribution in [2.24, 2.45) is 0 Å². The van der Waals surface area contributed by atoms with E-state index in [-0.39, 0.29) is 11.3 Å². The van der Waals surface area contributed by atoms with Crippen LogP contribution in [0.3, 0.4) is 0 Å². The zero-order chi connectivity index (χ0) is 23.6. The van der Waals surface area contributed by atoms with Gasteiger partial charge in [0.25, 0.3) is 0 Å². The topological polar surface area (TPSA) is 70.5 Å². The lowest BCUT2D eigenvalue weighted by atomic mass is 9.83. The SMILES string of the molecule is COc1ccc(-c2c(-c3cc(C(C)(C)C)c(OCc4ccccc4)cc3C)noc2N)cc1. The number of aryl methyl sites for hydroxylation is 1. The number of hydrogen-bond acceptors (Lipinski definition) is 5. The van der Waals surface area contributed by atoms with E-state index in [1.54, 1.807) is 7.11 Å². The molecule has 1 aromatic heterocycles. The highest BCUT2D eigenvalue weighted by molar-refractivity contribution is 5.88. The molecule has 4 aromatic rings. The van der Waals surface area contributed by atoms with Crippen LogP contribution in [0.25, 0.3) is 22.4 Å². The van der Waals surface area contributed by atoms with Crippen molar-refractivity contribution in [1.82, 2.24) is 5.16 Å². The molecule has 0 bridgehead atoms. The molecule has 0 aliphatic carbocycles. The average Bonchev–Trinajstić information content (AvgIpc) is 3.18. The number of nitrogen functional groups attached to an aromatic ring is 1. The highest BCUT2D eigenvalue weighted by Crippen LogP contribution is 2.42. The first-order chi connectivity index (χ1) is 15.8. The van der Waals surface area contributed by atoms with Gasteiger partial charge in [-0.2, -0.15) is 0 Å². The highest BCUT2D eigenvalue weighted by atomic mass is 16.5. The Morgan fingerprint density at radius 1 is 0.970 bits per heavy atom. The molecule has 3 aromatic carbocycles. The third-order valence-corrected chi connectivity index (χ3v) is 5.72. The van der Waals surface area contributed by atoms with E-state index in [0.29, 0.717) is 6.61 Å². The summed E-state index contributed by atoms with van der Waals surface area (Å²) in [6.45, 7) is 9.10. The smallest absolute Gasteiger partial charge is 0.230 e. The van der Waals surface area contributed by atoms with Crippen molar-refractivity contribution in [3.63, 3.8) is 0 Å². The Balaban J connectivity index is 1.78. The Hall–Kier alpha value is -3.73. The number of aromatic nitrogens is 1. The molecule has 0 spiro atoms. The largest absolute Gasteiger partial charge is 0.497 e. The van der Waals surface area contributed by atoms with Gasteiger partial charge in [0.1, 0.15) is 23.8 Å². The Labute approximate surface area is 195 Å². The van der Waals surface area contributed by atoms with E-state index in [4.69, 9.17) is 19.7 Å². The van der Waals surface area contributed by atoms with Crippen LogP contribution in [0.4, 0.5) is 5.88 Å². The summed E-state index contributed by atoms with van der Waals surface area (Å²) in [7, 11) is 1.65. The van der Waals surface area contributed by atoms with Gasteiger partial charge in [-0.05, 0) is 53.3 Å². The number of hydrogen-bond donors (Lipinski definition) is 1. The number of ether oxygens (including phenoxy) is 2. The molecule has 0 unspecified atom stereocenters. The van der Waals surface area contributed by atoms with Crippen LogP contribution >= 0.6 is 0 Å². The third-order valence-electron chi connectivity index (χ3n) is 5.72. The third kappa shape index (κ3) is 4.72. The molecule has 0 atom stereocenters. The van der Waals surface area contributed by atoms with Gasteiger partial charge in [0.05, 0.1) is 12.7 Å². The van der Waals surface area contributed by atoms with Crippen molar-refractivity contribution >= 4 is 5.88 Å². The molecule has 1 heterocycles. The summed E-state index contributed by atoms with van der Waals surface area (Å²) in [5.41, 5.74) is 12.7. The van der Waals surface area contributed by atoms with E-state index in [1.165, 1.54) is 0 Å². The normalized spacial score (nSPS) is 11.4. The molecule has 0 fully saturated rings. The van der Waals surface area contributed by atoms with Crippen molar-refractivity contribution in [2.75, 3.05) is 12.8 Å². The van der Waals surface area contributed by atoms with Gasteiger partial charge in [-0.3, -0.25) is 0 Å². The molecular weight excluding hydrogens is 412 g/mol. The average molecular weight is 443 g/mol. The van der Waals surface area contributed by atoms with Gasteiger partial charge < -0.3 is 19.7 Å². The summed E-state index contributed by atoms with van der Waals surface area (Å²) in [6.07, 6.45) is 0. The van der Waals surface area contributed by atoms with Crippen molar-refractivity contribution in [2.45, 2.75) is 39.7 Å². The quantitative estimate of drug-likeness (QED) is 0.356. The van der Waals surface area contributed by atoms with Crippen LogP contribution in [-0.2, 0) is 12.0 Å². The Kier molecular flexibility index (Phi) is 6.14. The van der Waals surface area contributed by atoms with E-state index in [1.807, 2.05) is 42.5 Å². The summed E-state index contributed by atoms with van der Waals surface area (Å²) in [4.78, 5) is 0. The summed E-state index contributed by atoms with van der Waals surface area (Å²) in [5.74, 6) is 1.94. The first kappa shape index (κ1) is 22.5. The lowest BCUT2D eigenvalue weighted by Gasteiger charge is -2.25. The van der Waals surface area contributed by atoms with Crippen LogP contribution in [0.5, 0.6) is 11.5 Å². The lowest BCUT2D eigenvalue weighted by molar-refractivity contribution is 0.297. The van der Waals surface area contributed by atoms with Gasteiger partial charge in [-0.25, -0.2) is 0 Å². The van der Waals surface area contributed by atoms with Crippen molar-refractivity contribution in [1.29, 1.82) is 0 Å². The maximum Gasteiger partial charge on any atom is 0.230 e. The van der Waals surface area contributed by atoms with E-state index < -0.39 is 0 Å². The predicted molar refractivity (Wildman–Crippen MR) is 133 cm³/mol. The van der Waals surface area contributed by atoms with E-state index in [9.17, 15) is 0 Å². The van der Waals surface area contributed by atoms with Crippen LogP contribution in [-0.4, -0.2) is 12.3 Å². The maximum absolute atomic E-state index is 6.28. The molecule has 0 aliphatic heterocycles. The fourth-order valence-corrected chi connectivity index (χ4v) is 3.90. The van der Waals surface area contributed by atoms with E-state index >= 15 is 0 Å². The standard InChI is InChI=1S/C28H30N2O3/c1-18-15-24(32-17-19-9-7-6-8-10-19)23(28(2,3)4)16-22(18)26-25(27(29)33-30-26)20-11-13-21(31-5)14-12-20/h6-16H,17,29H2,1-5H3. The molecule has 0 radical (unpaired) electrons. The minimum absolute atomic E-state index is 0.135. The first-order valence-corrected chi connectivity index (χ1v) is 11.0. The monoisotopic (exact) mass is 442 g/mol. The summed E-state index contributed by atoms with van der Waals surface area (Å²) >= 11 is 0. The van der Waals surface area contributed by atoms with Crippen LogP contribution in [0, 0.1) is 6.92 Å². The molecule has 0 saturated heterocycles. The molecule has 5 nitrogen and oxygen atoms in total. The minimum Gasteiger partial charge on any atom is -0.497 e. The van der Waals surface area contributed by atoms with Gasteiger partial charge in [-0.1, -0.05) is 68.4 Å². The molecule has 0 aliphatic rings. The van der Waals surface area contributed by atoms with Crippen LogP contribution in [0.15, 0.2) is 71.3 Å². The number of benzene rings is 3. The Bertz CT molecular complexity index is 1240. The van der Waals surface area contributed by atoms with Crippen LogP contribution in [0.1, 0.15) is 37.5 Å². The zero-order valence-corrected chi connectivity index (χ0v) is 19.8. The molecule has 0 amide bonds. The predicted octanol–water partition coefficient (Wildman–Crippen LogP) is 6.78. The molecule has 33 heavy (non-hydrogen) atoms. The van der Waals surface area contributed by atoms with Crippen molar-refractivity contribution in [3.05, 3.63) is 83.4 Å². The molecule has 2 N–H and O–H groups in total. The molecule has 170 valence electrons. The van der Waals surface area contributed by atoms with Gasteiger partial charge in [0, 0.05) is 11.1 Å².